The maximum absolute atomic E-state index is 10.1. The van der Waals surface area contributed by atoms with Gasteiger partial charge >= 0.3 is 0 Å². The molecule has 15 heavy (non-hydrogen) atoms. The SMILES string of the molecule is CC1CCC(CC(O)C(C)(C)C)CC1C. The van der Waals surface area contributed by atoms with Crippen molar-refractivity contribution in [3.8, 4) is 0 Å². The zero-order chi connectivity index (χ0) is 11.6. The topological polar surface area (TPSA) is 20.2 Å². The molecule has 1 aliphatic carbocycles. The van der Waals surface area contributed by atoms with Gasteiger partial charge in [-0.15, -0.1) is 0 Å². The van der Waals surface area contributed by atoms with E-state index in [0.717, 1.165) is 24.2 Å². The first-order valence-corrected chi connectivity index (χ1v) is 6.48. The molecule has 4 unspecified atom stereocenters. The smallest absolute Gasteiger partial charge is 0.0591 e. The van der Waals surface area contributed by atoms with Gasteiger partial charge in [0.05, 0.1) is 6.10 Å². The zero-order valence-electron chi connectivity index (χ0n) is 11.1. The quantitative estimate of drug-likeness (QED) is 0.737. The third-order valence-electron chi connectivity index (χ3n) is 4.26. The van der Waals surface area contributed by atoms with Crippen molar-refractivity contribution in [2.75, 3.05) is 0 Å². The highest BCUT2D eigenvalue weighted by Gasteiger charge is 2.29. The summed E-state index contributed by atoms with van der Waals surface area (Å²) < 4.78 is 0. The second-order valence-electron chi connectivity index (χ2n) is 6.75. The fourth-order valence-electron chi connectivity index (χ4n) is 2.54. The van der Waals surface area contributed by atoms with Gasteiger partial charge in [0.2, 0.25) is 0 Å². The van der Waals surface area contributed by atoms with Crippen molar-refractivity contribution < 1.29 is 5.11 Å². The Bertz CT molecular complexity index is 192. The highest BCUT2D eigenvalue weighted by atomic mass is 16.3. The van der Waals surface area contributed by atoms with Crippen molar-refractivity contribution in [3.63, 3.8) is 0 Å². The Morgan fingerprint density at radius 2 is 1.73 bits per heavy atom. The van der Waals surface area contributed by atoms with E-state index >= 15 is 0 Å². The molecule has 1 fully saturated rings. The normalized spacial score (nSPS) is 35.2. The lowest BCUT2D eigenvalue weighted by atomic mass is 9.72. The average molecular weight is 212 g/mol. The van der Waals surface area contributed by atoms with Crippen LogP contribution in [-0.2, 0) is 0 Å². The highest BCUT2D eigenvalue weighted by Crippen LogP contribution is 2.37. The van der Waals surface area contributed by atoms with Crippen molar-refractivity contribution >= 4 is 0 Å². The van der Waals surface area contributed by atoms with E-state index in [1.165, 1.54) is 19.3 Å². The summed E-state index contributed by atoms with van der Waals surface area (Å²) in [5.74, 6) is 2.48. The second kappa shape index (κ2) is 4.86. The Kier molecular flexibility index (Phi) is 4.22. The lowest BCUT2D eigenvalue weighted by Crippen LogP contribution is -2.31. The molecule has 1 heteroatoms. The molecule has 90 valence electrons. The van der Waals surface area contributed by atoms with Gasteiger partial charge in [-0.2, -0.15) is 0 Å². The van der Waals surface area contributed by atoms with Gasteiger partial charge in [-0.3, -0.25) is 0 Å². The molecule has 4 atom stereocenters. The molecule has 0 aliphatic heterocycles. The monoisotopic (exact) mass is 212 g/mol. The molecule has 0 heterocycles. The van der Waals surface area contributed by atoms with Crippen molar-refractivity contribution in [1.82, 2.24) is 0 Å². The summed E-state index contributed by atoms with van der Waals surface area (Å²) in [4.78, 5) is 0. The lowest BCUT2D eigenvalue weighted by Gasteiger charge is -2.35. The molecule has 0 bridgehead atoms. The Labute approximate surface area is 95.3 Å². The first-order chi connectivity index (χ1) is 6.80. The van der Waals surface area contributed by atoms with Gasteiger partial charge in [0.1, 0.15) is 0 Å². The molecule has 1 N–H and O–H groups in total. The Hall–Kier alpha value is -0.0400. The molecular weight excluding hydrogens is 184 g/mol. The summed E-state index contributed by atoms with van der Waals surface area (Å²) in [5.41, 5.74) is 0.0479. The van der Waals surface area contributed by atoms with Crippen LogP contribution in [0.2, 0.25) is 0 Å². The van der Waals surface area contributed by atoms with Crippen LogP contribution < -0.4 is 0 Å². The molecule has 0 amide bonds. The summed E-state index contributed by atoms with van der Waals surface area (Å²) in [5, 5.41) is 10.1. The minimum Gasteiger partial charge on any atom is -0.393 e. The Morgan fingerprint density at radius 1 is 1.13 bits per heavy atom. The summed E-state index contributed by atoms with van der Waals surface area (Å²) in [6.07, 6.45) is 4.85. The molecular formula is C14H28O. The van der Waals surface area contributed by atoms with Crippen LogP contribution in [0, 0.1) is 23.2 Å². The summed E-state index contributed by atoms with van der Waals surface area (Å²) in [6.45, 7) is 11.1. The van der Waals surface area contributed by atoms with Gasteiger partial charge in [0.25, 0.3) is 0 Å². The van der Waals surface area contributed by atoms with Crippen LogP contribution in [0.3, 0.4) is 0 Å². The highest BCUT2D eigenvalue weighted by molar-refractivity contribution is 4.81. The van der Waals surface area contributed by atoms with Crippen LogP contribution >= 0.6 is 0 Å². The van der Waals surface area contributed by atoms with Gasteiger partial charge in [-0.25, -0.2) is 0 Å². The molecule has 0 saturated heterocycles. The largest absolute Gasteiger partial charge is 0.393 e. The Balaban J connectivity index is 2.40. The van der Waals surface area contributed by atoms with E-state index in [1.54, 1.807) is 0 Å². The number of aliphatic hydroxyl groups excluding tert-OH is 1. The molecule has 0 aromatic carbocycles. The lowest BCUT2D eigenvalue weighted by molar-refractivity contribution is 0.0283. The molecule has 0 aromatic rings. The molecule has 1 rings (SSSR count). The Morgan fingerprint density at radius 3 is 2.20 bits per heavy atom. The third-order valence-corrected chi connectivity index (χ3v) is 4.26. The van der Waals surface area contributed by atoms with E-state index in [0.29, 0.717) is 0 Å². The third kappa shape index (κ3) is 3.79. The number of rotatable bonds is 2. The summed E-state index contributed by atoms with van der Waals surface area (Å²) >= 11 is 0. The first kappa shape index (κ1) is 13.0. The second-order valence-corrected chi connectivity index (χ2v) is 6.75. The average Bonchev–Trinajstić information content (AvgIpc) is 2.10. The predicted molar refractivity (Wildman–Crippen MR) is 65.7 cm³/mol. The molecule has 1 nitrogen and oxygen atoms in total. The van der Waals surface area contributed by atoms with E-state index in [2.05, 4.69) is 34.6 Å². The maximum Gasteiger partial charge on any atom is 0.0591 e. The zero-order valence-corrected chi connectivity index (χ0v) is 11.1. The van der Waals surface area contributed by atoms with Crippen molar-refractivity contribution in [1.29, 1.82) is 0 Å². The predicted octanol–water partition coefficient (Wildman–Crippen LogP) is 3.86. The fourth-order valence-corrected chi connectivity index (χ4v) is 2.54. The van der Waals surface area contributed by atoms with Crippen molar-refractivity contribution in [3.05, 3.63) is 0 Å². The van der Waals surface area contributed by atoms with Crippen LogP contribution in [0.1, 0.15) is 60.3 Å². The fraction of sp³-hybridized carbons (Fsp3) is 1.00. The van der Waals surface area contributed by atoms with Gasteiger partial charge in [0.15, 0.2) is 0 Å². The summed E-state index contributed by atoms with van der Waals surface area (Å²) in [6, 6.07) is 0. The van der Waals surface area contributed by atoms with Crippen LogP contribution in [0.4, 0.5) is 0 Å². The van der Waals surface area contributed by atoms with Crippen LogP contribution in [0.5, 0.6) is 0 Å². The number of hydrogen-bond acceptors (Lipinski definition) is 1. The van der Waals surface area contributed by atoms with Gasteiger partial charge in [-0.05, 0) is 36.0 Å². The minimum atomic E-state index is -0.136. The molecule has 0 aromatic heterocycles. The number of hydrogen-bond donors (Lipinski definition) is 1. The first-order valence-electron chi connectivity index (χ1n) is 6.48. The van der Waals surface area contributed by atoms with E-state index in [1.807, 2.05) is 0 Å². The molecule has 1 saturated carbocycles. The molecule has 0 radical (unpaired) electrons. The van der Waals surface area contributed by atoms with Gasteiger partial charge in [0, 0.05) is 0 Å². The van der Waals surface area contributed by atoms with E-state index < -0.39 is 0 Å². The standard InChI is InChI=1S/C14H28O/c1-10-6-7-12(8-11(10)2)9-13(15)14(3,4)5/h10-13,15H,6-9H2,1-5H3. The van der Waals surface area contributed by atoms with Crippen molar-refractivity contribution in [2.45, 2.75) is 66.4 Å². The summed E-state index contributed by atoms with van der Waals surface area (Å²) in [7, 11) is 0. The molecule has 1 aliphatic rings. The van der Waals surface area contributed by atoms with E-state index in [-0.39, 0.29) is 11.5 Å². The molecule has 0 spiro atoms. The van der Waals surface area contributed by atoms with Gasteiger partial charge in [-0.1, -0.05) is 47.5 Å². The van der Waals surface area contributed by atoms with Crippen LogP contribution in [-0.4, -0.2) is 11.2 Å². The van der Waals surface area contributed by atoms with E-state index in [9.17, 15) is 5.11 Å². The number of aliphatic hydroxyl groups is 1. The van der Waals surface area contributed by atoms with Crippen LogP contribution in [0.25, 0.3) is 0 Å². The minimum absolute atomic E-state index is 0.0479. The maximum atomic E-state index is 10.1. The van der Waals surface area contributed by atoms with Gasteiger partial charge < -0.3 is 5.11 Å². The van der Waals surface area contributed by atoms with Crippen LogP contribution in [0.15, 0.2) is 0 Å². The van der Waals surface area contributed by atoms with Crippen molar-refractivity contribution in [2.24, 2.45) is 23.2 Å². The van der Waals surface area contributed by atoms with E-state index in [4.69, 9.17) is 0 Å².